The summed E-state index contributed by atoms with van der Waals surface area (Å²) in [5.41, 5.74) is 6.85. The fourth-order valence-corrected chi connectivity index (χ4v) is 3.51. The van der Waals surface area contributed by atoms with Gasteiger partial charge in [0.05, 0.1) is 16.4 Å². The highest BCUT2D eigenvalue weighted by Gasteiger charge is 2.18. The molecule has 0 atom stereocenters. The molecule has 1 saturated heterocycles. The van der Waals surface area contributed by atoms with Crippen LogP contribution in [-0.4, -0.2) is 17.4 Å². The standard InChI is InChI=1S/C13H17ClN2OS/c14-10-2-1-3-11(15)13(10)16-12(17)8-9-4-6-18-7-5-9/h1-3,9H,4-8,15H2,(H,16,17). The Balaban J connectivity index is 1.94. The number of thioether (sulfide) groups is 1. The summed E-state index contributed by atoms with van der Waals surface area (Å²) < 4.78 is 0. The number of rotatable bonds is 3. The molecule has 1 fully saturated rings. The number of nitrogens with two attached hydrogens (primary N) is 1. The lowest BCUT2D eigenvalue weighted by atomic mass is 9.98. The third kappa shape index (κ3) is 3.56. The van der Waals surface area contributed by atoms with Crippen molar-refractivity contribution in [2.75, 3.05) is 22.6 Å². The van der Waals surface area contributed by atoms with Gasteiger partial charge in [-0.15, -0.1) is 0 Å². The van der Waals surface area contributed by atoms with E-state index in [4.69, 9.17) is 17.3 Å². The topological polar surface area (TPSA) is 55.1 Å². The second-order valence-electron chi connectivity index (χ2n) is 4.51. The largest absolute Gasteiger partial charge is 0.397 e. The summed E-state index contributed by atoms with van der Waals surface area (Å²) in [4.78, 5) is 12.0. The van der Waals surface area contributed by atoms with Gasteiger partial charge in [0.1, 0.15) is 0 Å². The van der Waals surface area contributed by atoms with Crippen LogP contribution in [0.25, 0.3) is 0 Å². The van der Waals surface area contributed by atoms with E-state index in [1.165, 1.54) is 0 Å². The molecule has 1 amide bonds. The fraction of sp³-hybridized carbons (Fsp3) is 0.462. The number of halogens is 1. The van der Waals surface area contributed by atoms with Crippen molar-refractivity contribution < 1.29 is 4.79 Å². The number of nitrogens with one attached hydrogen (secondary N) is 1. The molecule has 3 N–H and O–H groups in total. The minimum absolute atomic E-state index is 0.00620. The SMILES string of the molecule is Nc1cccc(Cl)c1NC(=O)CC1CCSCC1. The molecule has 0 aromatic heterocycles. The Kier molecular flexibility index (Phi) is 4.78. The zero-order chi connectivity index (χ0) is 13.0. The Morgan fingerprint density at radius 3 is 2.83 bits per heavy atom. The maximum absolute atomic E-state index is 12.0. The normalized spacial score (nSPS) is 16.5. The van der Waals surface area contributed by atoms with Crippen LogP contribution in [-0.2, 0) is 4.79 Å². The lowest BCUT2D eigenvalue weighted by molar-refractivity contribution is -0.117. The molecule has 2 rings (SSSR count). The second kappa shape index (κ2) is 6.34. The van der Waals surface area contributed by atoms with Gasteiger partial charge in [0.15, 0.2) is 0 Å². The average molecular weight is 285 g/mol. The van der Waals surface area contributed by atoms with Gasteiger partial charge in [0.2, 0.25) is 5.91 Å². The van der Waals surface area contributed by atoms with Crippen LogP contribution in [0, 0.1) is 5.92 Å². The first-order valence-electron chi connectivity index (χ1n) is 6.08. The van der Waals surface area contributed by atoms with Crippen molar-refractivity contribution in [3.05, 3.63) is 23.2 Å². The van der Waals surface area contributed by atoms with E-state index in [2.05, 4.69) is 5.32 Å². The maximum Gasteiger partial charge on any atom is 0.224 e. The van der Waals surface area contributed by atoms with E-state index in [-0.39, 0.29) is 5.91 Å². The monoisotopic (exact) mass is 284 g/mol. The molecule has 98 valence electrons. The van der Waals surface area contributed by atoms with Gasteiger partial charge in [-0.25, -0.2) is 0 Å². The molecule has 1 aromatic carbocycles. The van der Waals surface area contributed by atoms with Crippen LogP contribution in [0.2, 0.25) is 5.02 Å². The smallest absolute Gasteiger partial charge is 0.224 e. The highest BCUT2D eigenvalue weighted by Crippen LogP contribution is 2.29. The minimum atomic E-state index is 0.00620. The van der Waals surface area contributed by atoms with Gasteiger partial charge in [-0.05, 0) is 42.4 Å². The molecule has 0 unspecified atom stereocenters. The molecule has 0 saturated carbocycles. The van der Waals surface area contributed by atoms with Gasteiger partial charge in [0, 0.05) is 6.42 Å². The Hall–Kier alpha value is -0.870. The number of benzene rings is 1. The minimum Gasteiger partial charge on any atom is -0.397 e. The summed E-state index contributed by atoms with van der Waals surface area (Å²) in [6.07, 6.45) is 2.80. The van der Waals surface area contributed by atoms with E-state index in [9.17, 15) is 4.79 Å². The summed E-state index contributed by atoms with van der Waals surface area (Å²) in [6, 6.07) is 5.23. The summed E-state index contributed by atoms with van der Waals surface area (Å²) >= 11 is 7.98. The van der Waals surface area contributed by atoms with E-state index in [1.54, 1.807) is 18.2 Å². The third-order valence-electron chi connectivity index (χ3n) is 3.13. The summed E-state index contributed by atoms with van der Waals surface area (Å²) in [5, 5.41) is 3.31. The number of para-hydroxylation sites is 1. The molecule has 3 nitrogen and oxygen atoms in total. The molecule has 0 spiro atoms. The Morgan fingerprint density at radius 2 is 2.17 bits per heavy atom. The number of hydrogen-bond acceptors (Lipinski definition) is 3. The van der Waals surface area contributed by atoms with Gasteiger partial charge >= 0.3 is 0 Å². The van der Waals surface area contributed by atoms with E-state index in [0.717, 1.165) is 24.3 Å². The van der Waals surface area contributed by atoms with Crippen LogP contribution in [0.5, 0.6) is 0 Å². The van der Waals surface area contributed by atoms with E-state index >= 15 is 0 Å². The molecule has 18 heavy (non-hydrogen) atoms. The van der Waals surface area contributed by atoms with E-state index in [1.807, 2.05) is 11.8 Å². The van der Waals surface area contributed by atoms with Gasteiger partial charge in [0.25, 0.3) is 0 Å². The van der Waals surface area contributed by atoms with Crippen molar-refractivity contribution in [2.24, 2.45) is 5.92 Å². The number of carbonyl (C=O) groups is 1. The second-order valence-corrected chi connectivity index (χ2v) is 6.14. The van der Waals surface area contributed by atoms with Crippen molar-refractivity contribution in [3.8, 4) is 0 Å². The first kappa shape index (κ1) is 13.6. The predicted octanol–water partition coefficient (Wildman–Crippen LogP) is 3.39. The molecule has 0 radical (unpaired) electrons. The average Bonchev–Trinajstić information content (AvgIpc) is 2.35. The van der Waals surface area contributed by atoms with Crippen LogP contribution >= 0.6 is 23.4 Å². The molecule has 0 bridgehead atoms. The van der Waals surface area contributed by atoms with Gasteiger partial charge in [-0.1, -0.05) is 17.7 Å². The van der Waals surface area contributed by atoms with E-state index < -0.39 is 0 Å². The highest BCUT2D eigenvalue weighted by atomic mass is 35.5. The third-order valence-corrected chi connectivity index (χ3v) is 4.49. The zero-order valence-corrected chi connectivity index (χ0v) is 11.7. The summed E-state index contributed by atoms with van der Waals surface area (Å²) in [6.45, 7) is 0. The summed E-state index contributed by atoms with van der Waals surface area (Å²) in [5.74, 6) is 2.82. The Labute approximate surface area is 116 Å². The number of anilines is 2. The van der Waals surface area contributed by atoms with Crippen molar-refractivity contribution in [1.82, 2.24) is 0 Å². The highest BCUT2D eigenvalue weighted by molar-refractivity contribution is 7.99. The van der Waals surface area contributed by atoms with Gasteiger partial charge in [-0.2, -0.15) is 11.8 Å². The molecule has 1 aliphatic rings. The molecular formula is C13H17ClN2OS. The van der Waals surface area contributed by atoms with Crippen LogP contribution in [0.4, 0.5) is 11.4 Å². The van der Waals surface area contributed by atoms with Crippen molar-refractivity contribution in [3.63, 3.8) is 0 Å². The molecular weight excluding hydrogens is 268 g/mol. The number of amides is 1. The number of carbonyl (C=O) groups excluding carboxylic acids is 1. The van der Waals surface area contributed by atoms with Crippen LogP contribution in [0.1, 0.15) is 19.3 Å². The van der Waals surface area contributed by atoms with Crippen LogP contribution in [0.3, 0.4) is 0 Å². The lowest BCUT2D eigenvalue weighted by Crippen LogP contribution is -2.20. The quantitative estimate of drug-likeness (QED) is 0.837. The molecule has 1 aliphatic heterocycles. The lowest BCUT2D eigenvalue weighted by Gasteiger charge is -2.21. The van der Waals surface area contributed by atoms with Crippen molar-refractivity contribution >= 4 is 40.6 Å². The van der Waals surface area contributed by atoms with Crippen molar-refractivity contribution in [2.45, 2.75) is 19.3 Å². The number of nitrogen functional groups attached to an aromatic ring is 1. The van der Waals surface area contributed by atoms with E-state index in [0.29, 0.717) is 28.7 Å². The molecule has 5 heteroatoms. The molecule has 0 aliphatic carbocycles. The zero-order valence-electron chi connectivity index (χ0n) is 10.1. The van der Waals surface area contributed by atoms with Gasteiger partial charge < -0.3 is 11.1 Å². The summed E-state index contributed by atoms with van der Waals surface area (Å²) in [7, 11) is 0. The fourth-order valence-electron chi connectivity index (χ4n) is 2.08. The van der Waals surface area contributed by atoms with Gasteiger partial charge in [-0.3, -0.25) is 4.79 Å². The number of hydrogen-bond donors (Lipinski definition) is 2. The first-order chi connectivity index (χ1) is 8.66. The molecule has 1 aromatic rings. The molecule has 1 heterocycles. The Bertz CT molecular complexity index is 413. The van der Waals surface area contributed by atoms with Crippen LogP contribution < -0.4 is 11.1 Å². The van der Waals surface area contributed by atoms with Crippen molar-refractivity contribution in [1.29, 1.82) is 0 Å². The first-order valence-corrected chi connectivity index (χ1v) is 7.61. The maximum atomic E-state index is 12.0. The van der Waals surface area contributed by atoms with Crippen LogP contribution in [0.15, 0.2) is 18.2 Å². The predicted molar refractivity (Wildman–Crippen MR) is 79.2 cm³/mol. The Morgan fingerprint density at radius 1 is 1.44 bits per heavy atom.